The average molecular weight is 258 g/mol. The summed E-state index contributed by atoms with van der Waals surface area (Å²) in [5.41, 5.74) is 8.79. The Morgan fingerprint density at radius 3 is 2.89 bits per heavy atom. The summed E-state index contributed by atoms with van der Waals surface area (Å²) in [4.78, 5) is 0. The number of aromatic nitrogens is 1. The van der Waals surface area contributed by atoms with Gasteiger partial charge in [-0.3, -0.25) is 0 Å². The number of aryl methyl sites for hydroxylation is 1. The zero-order valence-electron chi connectivity index (χ0n) is 11.7. The quantitative estimate of drug-likeness (QED) is 0.919. The van der Waals surface area contributed by atoms with Crippen molar-refractivity contribution in [2.75, 3.05) is 7.11 Å². The van der Waals surface area contributed by atoms with Crippen LogP contribution in [0.4, 0.5) is 0 Å². The predicted octanol–water partition coefficient (Wildman–Crippen LogP) is 2.86. The minimum Gasteiger partial charge on any atom is -0.495 e. The number of hydrogen-bond acceptors (Lipinski definition) is 2. The highest BCUT2D eigenvalue weighted by molar-refractivity contribution is 5.89. The minimum absolute atomic E-state index is 0.376. The Morgan fingerprint density at radius 1 is 1.37 bits per heavy atom. The summed E-state index contributed by atoms with van der Waals surface area (Å²) in [6.07, 6.45) is 7.05. The Bertz CT molecular complexity index is 588. The second kappa shape index (κ2) is 4.89. The molecule has 2 unspecified atom stereocenters. The molecule has 1 fully saturated rings. The normalized spacial score (nSPS) is 23.1. The first-order chi connectivity index (χ1) is 9.20. The Labute approximate surface area is 114 Å². The lowest BCUT2D eigenvalue weighted by molar-refractivity contribution is 0.418. The molecular weight excluding hydrogens is 236 g/mol. The maximum atomic E-state index is 6.20. The molecule has 2 aromatic rings. The van der Waals surface area contributed by atoms with Gasteiger partial charge in [0, 0.05) is 24.7 Å². The number of fused-ring (bicyclic) bond motifs is 1. The molecular formula is C16H22N2O. The van der Waals surface area contributed by atoms with E-state index in [1.165, 1.54) is 35.7 Å². The number of hydrogen-bond donors (Lipinski definition) is 1. The molecule has 102 valence electrons. The topological polar surface area (TPSA) is 40.2 Å². The zero-order valence-corrected chi connectivity index (χ0v) is 11.7. The van der Waals surface area contributed by atoms with Crippen LogP contribution in [-0.2, 0) is 13.5 Å². The molecule has 0 aliphatic heterocycles. The first-order valence-corrected chi connectivity index (χ1v) is 7.07. The fraction of sp³-hybridized carbons (Fsp3) is 0.500. The summed E-state index contributed by atoms with van der Waals surface area (Å²) in [6.45, 7) is 0. The highest BCUT2D eigenvalue weighted by Crippen LogP contribution is 2.33. The Hall–Kier alpha value is -1.48. The lowest BCUT2D eigenvalue weighted by Crippen LogP contribution is -2.25. The molecule has 3 heteroatoms. The van der Waals surface area contributed by atoms with Crippen molar-refractivity contribution in [1.29, 1.82) is 0 Å². The van der Waals surface area contributed by atoms with Crippen molar-refractivity contribution < 1.29 is 4.74 Å². The first kappa shape index (κ1) is 12.5. The van der Waals surface area contributed by atoms with Gasteiger partial charge in [-0.1, -0.05) is 18.6 Å². The number of nitrogens with two attached hydrogens (primary N) is 1. The summed E-state index contributed by atoms with van der Waals surface area (Å²) in [5.74, 6) is 1.58. The van der Waals surface area contributed by atoms with E-state index in [0.29, 0.717) is 12.0 Å². The molecule has 19 heavy (non-hydrogen) atoms. The number of ether oxygens (including phenoxy) is 1. The van der Waals surface area contributed by atoms with Gasteiger partial charge in [0.05, 0.1) is 12.6 Å². The lowest BCUT2D eigenvalue weighted by atomic mass is 9.95. The van der Waals surface area contributed by atoms with Gasteiger partial charge in [-0.2, -0.15) is 0 Å². The van der Waals surface area contributed by atoms with E-state index in [1.807, 2.05) is 6.07 Å². The second-order valence-electron chi connectivity index (χ2n) is 5.68. The molecule has 2 atom stereocenters. The van der Waals surface area contributed by atoms with E-state index in [1.54, 1.807) is 7.11 Å². The van der Waals surface area contributed by atoms with Crippen molar-refractivity contribution in [3.05, 3.63) is 30.0 Å². The van der Waals surface area contributed by atoms with Gasteiger partial charge in [-0.05, 0) is 36.8 Å². The van der Waals surface area contributed by atoms with Gasteiger partial charge in [-0.15, -0.1) is 0 Å². The van der Waals surface area contributed by atoms with Crippen molar-refractivity contribution in [2.45, 2.75) is 31.7 Å². The third-order valence-corrected chi connectivity index (χ3v) is 4.47. The molecule has 0 amide bonds. The summed E-state index contributed by atoms with van der Waals surface area (Å²) in [5, 5.41) is 1.31. The molecule has 3 rings (SSSR count). The molecule has 0 radical (unpaired) electrons. The van der Waals surface area contributed by atoms with E-state index in [0.717, 1.165) is 12.2 Å². The SMILES string of the molecule is COc1cccc2c(CC3CCCC3N)cn(C)c12. The first-order valence-electron chi connectivity index (χ1n) is 7.07. The van der Waals surface area contributed by atoms with Gasteiger partial charge in [0.25, 0.3) is 0 Å². The maximum absolute atomic E-state index is 6.20. The Kier molecular flexibility index (Phi) is 3.23. The van der Waals surface area contributed by atoms with Gasteiger partial charge in [0.15, 0.2) is 0 Å². The summed E-state index contributed by atoms with van der Waals surface area (Å²) in [7, 11) is 3.82. The van der Waals surface area contributed by atoms with Crippen molar-refractivity contribution in [1.82, 2.24) is 4.57 Å². The molecule has 1 saturated carbocycles. The smallest absolute Gasteiger partial charge is 0.143 e. The van der Waals surface area contributed by atoms with Crippen LogP contribution in [-0.4, -0.2) is 17.7 Å². The predicted molar refractivity (Wildman–Crippen MR) is 78.5 cm³/mol. The van der Waals surface area contributed by atoms with E-state index < -0.39 is 0 Å². The van der Waals surface area contributed by atoms with Crippen LogP contribution >= 0.6 is 0 Å². The molecule has 1 aromatic heterocycles. The monoisotopic (exact) mass is 258 g/mol. The fourth-order valence-corrected chi connectivity index (χ4v) is 3.44. The molecule has 2 N–H and O–H groups in total. The molecule has 0 saturated heterocycles. The largest absolute Gasteiger partial charge is 0.495 e. The van der Waals surface area contributed by atoms with Crippen LogP contribution in [0.25, 0.3) is 10.9 Å². The third-order valence-electron chi connectivity index (χ3n) is 4.47. The van der Waals surface area contributed by atoms with Gasteiger partial charge < -0.3 is 15.0 Å². The van der Waals surface area contributed by atoms with E-state index in [-0.39, 0.29) is 0 Å². The van der Waals surface area contributed by atoms with Crippen LogP contribution in [0.1, 0.15) is 24.8 Å². The molecule has 3 nitrogen and oxygen atoms in total. The van der Waals surface area contributed by atoms with Gasteiger partial charge in [-0.25, -0.2) is 0 Å². The number of methoxy groups -OCH3 is 1. The van der Waals surface area contributed by atoms with Crippen molar-refractivity contribution in [2.24, 2.45) is 18.7 Å². The van der Waals surface area contributed by atoms with Crippen molar-refractivity contribution in [3.8, 4) is 5.75 Å². The highest BCUT2D eigenvalue weighted by Gasteiger charge is 2.25. The summed E-state index contributed by atoms with van der Waals surface area (Å²) < 4.78 is 7.64. The van der Waals surface area contributed by atoms with E-state index in [4.69, 9.17) is 10.5 Å². The summed E-state index contributed by atoms with van der Waals surface area (Å²) >= 11 is 0. The van der Waals surface area contributed by atoms with Gasteiger partial charge >= 0.3 is 0 Å². The number of benzene rings is 1. The second-order valence-corrected chi connectivity index (χ2v) is 5.68. The minimum atomic E-state index is 0.376. The molecule has 0 bridgehead atoms. The number of para-hydroxylation sites is 1. The van der Waals surface area contributed by atoms with E-state index in [9.17, 15) is 0 Å². The molecule has 0 spiro atoms. The molecule has 1 aromatic carbocycles. The van der Waals surface area contributed by atoms with E-state index in [2.05, 4.69) is 29.9 Å². The van der Waals surface area contributed by atoms with Crippen molar-refractivity contribution >= 4 is 10.9 Å². The molecule has 1 heterocycles. The Morgan fingerprint density at radius 2 is 2.21 bits per heavy atom. The van der Waals surface area contributed by atoms with Gasteiger partial charge in [0.2, 0.25) is 0 Å². The average Bonchev–Trinajstić information content (AvgIpc) is 2.95. The number of nitrogens with zero attached hydrogens (tertiary/aromatic N) is 1. The zero-order chi connectivity index (χ0) is 13.4. The Balaban J connectivity index is 2.00. The molecule has 1 aliphatic carbocycles. The van der Waals surface area contributed by atoms with E-state index >= 15 is 0 Å². The van der Waals surface area contributed by atoms with Crippen LogP contribution in [0.2, 0.25) is 0 Å². The standard InChI is InChI=1S/C16H22N2O/c1-18-10-12(9-11-5-3-7-14(11)17)13-6-4-8-15(19-2)16(13)18/h4,6,8,10-11,14H,3,5,7,9,17H2,1-2H3. The lowest BCUT2D eigenvalue weighted by Gasteiger charge is -2.14. The summed E-state index contributed by atoms with van der Waals surface area (Å²) in [6, 6.07) is 6.65. The maximum Gasteiger partial charge on any atom is 0.143 e. The van der Waals surface area contributed by atoms with Crippen LogP contribution in [0.5, 0.6) is 5.75 Å². The van der Waals surface area contributed by atoms with Crippen molar-refractivity contribution in [3.63, 3.8) is 0 Å². The molecule has 1 aliphatic rings. The van der Waals surface area contributed by atoms with Crippen LogP contribution in [0, 0.1) is 5.92 Å². The highest BCUT2D eigenvalue weighted by atomic mass is 16.5. The van der Waals surface area contributed by atoms with Crippen LogP contribution < -0.4 is 10.5 Å². The van der Waals surface area contributed by atoms with Gasteiger partial charge in [0.1, 0.15) is 5.75 Å². The third kappa shape index (κ3) is 2.12. The van der Waals surface area contributed by atoms with Crippen LogP contribution in [0.3, 0.4) is 0 Å². The fourth-order valence-electron chi connectivity index (χ4n) is 3.44. The van der Waals surface area contributed by atoms with Crippen LogP contribution in [0.15, 0.2) is 24.4 Å². The number of rotatable bonds is 3.